The molecule has 4 aromatic rings. The average Bonchev–Trinajstić information content (AvgIpc) is 2.90. The van der Waals surface area contributed by atoms with Crippen LogP contribution in [-0.2, 0) is 30.4 Å². The van der Waals surface area contributed by atoms with Gasteiger partial charge in [-0.15, -0.1) is 15.3 Å². The Morgan fingerprint density at radius 1 is 0.727 bits per heavy atom. The Morgan fingerprint density at radius 2 is 1.25 bits per heavy atom. The number of rotatable bonds is 8. The fourth-order valence-corrected chi connectivity index (χ4v) is 5.70. The molecule has 44 heavy (non-hydrogen) atoms. The Balaban J connectivity index is 2.02. The van der Waals surface area contributed by atoms with Crippen molar-refractivity contribution in [2.75, 3.05) is 5.73 Å². The number of nitro benzene ring substituents is 1. The van der Waals surface area contributed by atoms with Crippen LogP contribution in [0.2, 0.25) is 0 Å². The number of benzene rings is 4. The summed E-state index contributed by atoms with van der Waals surface area (Å²) < 4.78 is 101. The molecule has 0 saturated heterocycles. The van der Waals surface area contributed by atoms with E-state index in [-0.39, 0.29) is 17.1 Å². The highest BCUT2D eigenvalue weighted by Crippen LogP contribution is 2.48. The van der Waals surface area contributed by atoms with Gasteiger partial charge in [0.15, 0.2) is 5.75 Å². The fraction of sp³-hybridized carbons (Fsp3) is 0. The number of hydrogen-bond donors (Lipinski definition) is 5. The Morgan fingerprint density at radius 3 is 1.77 bits per heavy atom. The molecule has 0 amide bonds. The van der Waals surface area contributed by atoms with E-state index >= 15 is 0 Å². The number of nitro groups is 1. The van der Waals surface area contributed by atoms with Crippen LogP contribution >= 0.6 is 0 Å². The second-order valence-electron chi connectivity index (χ2n) is 8.59. The van der Waals surface area contributed by atoms with E-state index in [9.17, 15) is 54.1 Å². The van der Waals surface area contributed by atoms with Crippen LogP contribution in [0.5, 0.6) is 5.75 Å². The lowest BCUT2D eigenvalue weighted by Gasteiger charge is -2.14. The quantitative estimate of drug-likeness (QED) is 0.0568. The highest BCUT2D eigenvalue weighted by molar-refractivity contribution is 7.86. The van der Waals surface area contributed by atoms with Gasteiger partial charge < -0.3 is 16.6 Å². The molecule has 0 aromatic heterocycles. The second kappa shape index (κ2) is 11.2. The minimum absolute atomic E-state index is 0.0388. The number of non-ortho nitro benzene ring substituents is 1. The number of nitrogens with one attached hydrogen (secondary N) is 1. The van der Waals surface area contributed by atoms with Gasteiger partial charge >= 0.3 is 0 Å². The summed E-state index contributed by atoms with van der Waals surface area (Å²) in [5, 5.41) is 35.4. The number of anilines is 1. The van der Waals surface area contributed by atoms with Gasteiger partial charge in [-0.1, -0.05) is 0 Å². The van der Waals surface area contributed by atoms with Crippen LogP contribution in [0.3, 0.4) is 0 Å². The third kappa shape index (κ3) is 6.43. The van der Waals surface area contributed by atoms with Gasteiger partial charge in [-0.2, -0.15) is 30.4 Å². The highest BCUT2D eigenvalue weighted by atomic mass is 32.2. The van der Waals surface area contributed by atoms with Crippen molar-refractivity contribution >= 4 is 80.9 Å². The smallest absolute Gasteiger partial charge is 0.296 e. The summed E-state index contributed by atoms with van der Waals surface area (Å²) in [5.74, 6) is -1.15. The normalized spacial score (nSPS) is 12.8. The monoisotopic (exact) mass is 666 g/mol. The van der Waals surface area contributed by atoms with Crippen molar-refractivity contribution in [2.45, 2.75) is 14.7 Å². The second-order valence-corrected chi connectivity index (χ2v) is 12.8. The predicted octanol–water partition coefficient (Wildman–Crippen LogP) is 4.52. The minimum atomic E-state index is -5.29. The van der Waals surface area contributed by atoms with E-state index in [2.05, 4.69) is 20.5 Å². The summed E-state index contributed by atoms with van der Waals surface area (Å²) in [6.45, 7) is 0. The van der Waals surface area contributed by atoms with E-state index in [1.54, 1.807) is 0 Å². The number of nitrogens with zero attached hydrogens (tertiary/aromatic N) is 5. The number of phenols is 1. The van der Waals surface area contributed by atoms with E-state index < -0.39 is 89.2 Å². The zero-order valence-electron chi connectivity index (χ0n) is 21.3. The standard InChI is InChI=1S/C22H16N7O12S3/c23-11-1-6-15(42(33,34)35)14(9-11)26-28-21-17(44(39,40)41)8-10-7-16(43(36,37)38)20(19(24)18(10)22(21)30)27-25-12-2-4-13(5-3-12)29(31)32/h1-9,23,30H,24H2,(H,33,34,35)(H,36,37,38)(H,39,40,41). The number of nitrogen functional groups attached to an aromatic ring is 1. The molecule has 0 spiro atoms. The van der Waals surface area contributed by atoms with Crippen LogP contribution in [0.4, 0.5) is 39.8 Å². The van der Waals surface area contributed by atoms with Gasteiger partial charge in [-0.25, -0.2) is 0 Å². The molecule has 7 N–H and O–H groups in total. The number of fused-ring (bicyclic) bond motifs is 1. The lowest BCUT2D eigenvalue weighted by Crippen LogP contribution is -2.03. The molecule has 229 valence electrons. The molecule has 0 unspecified atom stereocenters. The van der Waals surface area contributed by atoms with Crippen LogP contribution in [0.15, 0.2) is 89.7 Å². The molecule has 0 aliphatic rings. The number of nitrogens with two attached hydrogens (primary N) is 1. The fourth-order valence-electron chi connectivity index (χ4n) is 3.77. The Kier molecular flexibility index (Phi) is 8.08. The molecule has 4 aromatic carbocycles. The molecule has 0 atom stereocenters. The minimum Gasteiger partial charge on any atom is -0.505 e. The van der Waals surface area contributed by atoms with Gasteiger partial charge in [-0.05, 0) is 47.9 Å². The largest absolute Gasteiger partial charge is 0.505 e. The molecule has 22 heteroatoms. The van der Waals surface area contributed by atoms with E-state index in [4.69, 9.17) is 11.5 Å². The van der Waals surface area contributed by atoms with Gasteiger partial charge in [0.05, 0.1) is 27.4 Å². The van der Waals surface area contributed by atoms with E-state index in [0.29, 0.717) is 12.1 Å². The van der Waals surface area contributed by atoms with E-state index in [1.165, 1.54) is 0 Å². The zero-order valence-corrected chi connectivity index (χ0v) is 23.7. The Hall–Kier alpha value is -5.13. The van der Waals surface area contributed by atoms with Crippen molar-refractivity contribution in [3.63, 3.8) is 0 Å². The first-order chi connectivity index (χ1) is 20.3. The van der Waals surface area contributed by atoms with E-state index in [0.717, 1.165) is 42.5 Å². The summed E-state index contributed by atoms with van der Waals surface area (Å²) in [6.07, 6.45) is 0. The molecule has 0 saturated carbocycles. The van der Waals surface area contributed by atoms with Crippen LogP contribution in [0.25, 0.3) is 10.8 Å². The molecular weight excluding hydrogens is 650 g/mol. The first-order valence-electron chi connectivity index (χ1n) is 11.3. The summed E-state index contributed by atoms with van der Waals surface area (Å²) >= 11 is 0. The number of hydrogen-bond acceptors (Lipinski definition) is 14. The van der Waals surface area contributed by atoms with Gasteiger partial charge in [0, 0.05) is 12.1 Å². The molecular formula is C22H16N7O12S3. The lowest BCUT2D eigenvalue weighted by molar-refractivity contribution is -0.384. The SMILES string of the molecule is [NH]c1ccc(S(=O)(=O)O)c(N=Nc2c(S(=O)(=O)O)cc3cc(S(=O)(=O)O)c(N=Nc4ccc([N+](=O)[O-])cc4)c(N)c3c2O)c1. The third-order valence-corrected chi connectivity index (χ3v) is 8.33. The summed E-state index contributed by atoms with van der Waals surface area (Å²) in [4.78, 5) is 7.13. The summed E-state index contributed by atoms with van der Waals surface area (Å²) in [5.41, 5.74) is 9.89. The van der Waals surface area contributed by atoms with E-state index in [1.807, 2.05) is 0 Å². The topological polar surface area (TPSA) is 326 Å². The first kappa shape index (κ1) is 31.8. The molecule has 4 rings (SSSR count). The van der Waals surface area contributed by atoms with Crippen molar-refractivity contribution in [3.05, 3.63) is 64.7 Å². The van der Waals surface area contributed by atoms with Gasteiger partial charge in [-0.3, -0.25) is 23.8 Å². The van der Waals surface area contributed by atoms with Crippen LogP contribution in [-0.4, -0.2) is 48.9 Å². The molecule has 0 aliphatic carbocycles. The molecule has 0 aliphatic heterocycles. The molecule has 1 radical (unpaired) electrons. The maximum Gasteiger partial charge on any atom is 0.296 e. The predicted molar refractivity (Wildman–Crippen MR) is 150 cm³/mol. The van der Waals surface area contributed by atoms with Crippen molar-refractivity contribution in [1.82, 2.24) is 5.73 Å². The van der Waals surface area contributed by atoms with Crippen molar-refractivity contribution in [3.8, 4) is 5.75 Å². The highest BCUT2D eigenvalue weighted by Gasteiger charge is 2.28. The van der Waals surface area contributed by atoms with Gasteiger partial charge in [0.1, 0.15) is 31.7 Å². The number of azo groups is 2. The third-order valence-electron chi connectivity index (χ3n) is 5.69. The van der Waals surface area contributed by atoms with Crippen LogP contribution < -0.4 is 11.5 Å². The summed E-state index contributed by atoms with van der Waals surface area (Å²) in [6, 6.07) is 8.26. The average molecular weight is 667 g/mol. The lowest BCUT2D eigenvalue weighted by atomic mass is 10.1. The molecule has 0 bridgehead atoms. The van der Waals surface area contributed by atoms with Crippen molar-refractivity contribution in [2.24, 2.45) is 20.5 Å². The van der Waals surface area contributed by atoms with Crippen molar-refractivity contribution in [1.29, 1.82) is 0 Å². The molecule has 0 heterocycles. The Bertz CT molecular complexity index is 2250. The summed E-state index contributed by atoms with van der Waals surface area (Å²) in [7, 11) is -15.4. The van der Waals surface area contributed by atoms with Crippen molar-refractivity contribution < 1.29 is 48.9 Å². The maximum absolute atomic E-state index is 12.2. The van der Waals surface area contributed by atoms with Gasteiger partial charge in [0.25, 0.3) is 36.0 Å². The molecule has 19 nitrogen and oxygen atoms in total. The van der Waals surface area contributed by atoms with Gasteiger partial charge in [0.2, 0.25) is 0 Å². The Labute approximate surface area is 246 Å². The number of phenolic OH excluding ortho intramolecular Hbond substituents is 1. The number of aromatic hydroxyl groups is 1. The van der Waals surface area contributed by atoms with Crippen LogP contribution in [0, 0.1) is 10.1 Å². The maximum atomic E-state index is 12.2. The van der Waals surface area contributed by atoms with Crippen LogP contribution in [0.1, 0.15) is 0 Å². The molecule has 0 fully saturated rings. The zero-order chi connectivity index (χ0) is 32.8. The first-order valence-corrected chi connectivity index (χ1v) is 15.6.